The van der Waals surface area contributed by atoms with E-state index in [0.29, 0.717) is 34.1 Å². The first-order chi connectivity index (χ1) is 23.5. The summed E-state index contributed by atoms with van der Waals surface area (Å²) in [4.78, 5) is 27.5. The molecule has 6 rings (SSSR count). The van der Waals surface area contributed by atoms with Crippen molar-refractivity contribution in [2.75, 3.05) is 30.3 Å². The first-order valence-corrected chi connectivity index (χ1v) is 16.7. The predicted octanol–water partition coefficient (Wildman–Crippen LogP) is 6.30. The molecule has 1 unspecified atom stereocenters. The molecule has 1 aliphatic rings. The number of carbonyl (C=O) groups excluding carboxylic acids is 1. The summed E-state index contributed by atoms with van der Waals surface area (Å²) >= 11 is 1.05. The van der Waals surface area contributed by atoms with E-state index in [9.17, 15) is 28.3 Å². The number of carbonyl (C=O) groups is 1. The normalized spacial score (nSPS) is 14.9. The van der Waals surface area contributed by atoms with E-state index < -0.39 is 12.6 Å². The number of aliphatic hydroxyl groups is 1. The van der Waals surface area contributed by atoms with Gasteiger partial charge >= 0.3 is 6.18 Å². The van der Waals surface area contributed by atoms with Crippen LogP contribution in [-0.2, 0) is 24.3 Å². The number of hydrogen-bond donors (Lipinski definition) is 3. The molecule has 1 aromatic carbocycles. The highest BCUT2D eigenvalue weighted by Gasteiger charge is 2.29. The second-order valence-corrected chi connectivity index (χ2v) is 13.3. The lowest BCUT2D eigenvalue weighted by Crippen LogP contribution is -2.39. The molecule has 0 radical (unpaired) electrons. The molecule has 1 fully saturated rings. The summed E-state index contributed by atoms with van der Waals surface area (Å²) in [6.07, 6.45) is 0.613. The number of aliphatic hydroxyl groups excluding tert-OH is 1. The van der Waals surface area contributed by atoms with Gasteiger partial charge in [-0.05, 0) is 66.8 Å². The maximum Gasteiger partial charge on any atom is 0.393 e. The Morgan fingerprint density at radius 3 is 2.65 bits per heavy atom. The number of anilines is 2. The number of benzene rings is 1. The number of halogens is 3. The van der Waals surface area contributed by atoms with Crippen molar-refractivity contribution in [3.05, 3.63) is 88.8 Å². The molecule has 4 aromatic heterocycles. The average Bonchev–Trinajstić information content (AvgIpc) is 3.66. The van der Waals surface area contributed by atoms with Gasteiger partial charge in [0, 0.05) is 60.1 Å². The smallest absolute Gasteiger partial charge is 0.393 e. The van der Waals surface area contributed by atoms with E-state index in [0.717, 1.165) is 77.5 Å². The fraction of sp³-hybridized carbons (Fsp3) is 0.343. The summed E-state index contributed by atoms with van der Waals surface area (Å²) in [7, 11) is 0. The number of aromatic nitrogens is 4. The van der Waals surface area contributed by atoms with Gasteiger partial charge in [-0.3, -0.25) is 9.69 Å². The van der Waals surface area contributed by atoms with Crippen LogP contribution in [0.3, 0.4) is 0 Å². The zero-order chi connectivity index (χ0) is 34.7. The van der Waals surface area contributed by atoms with Crippen molar-refractivity contribution in [2.24, 2.45) is 0 Å². The molecule has 5 heterocycles. The Labute approximate surface area is 284 Å². The van der Waals surface area contributed by atoms with Gasteiger partial charge in [-0.2, -0.15) is 18.4 Å². The van der Waals surface area contributed by atoms with Crippen LogP contribution in [0.2, 0.25) is 0 Å². The molecule has 0 aliphatic carbocycles. The minimum absolute atomic E-state index is 0.132. The SMILES string of the molecule is C=CC(=O)Nc1ccc(C(CO)Cn2c(C#N)cc3c(C)c(CN4CCC(Nc5ncnc6sc(CC(F)(F)F)cc56)CC4)ccc32)cn1. The average molecular weight is 689 g/mol. The highest BCUT2D eigenvalue weighted by molar-refractivity contribution is 7.18. The van der Waals surface area contributed by atoms with Crippen LogP contribution in [-0.4, -0.2) is 67.3 Å². The van der Waals surface area contributed by atoms with Crippen LogP contribution < -0.4 is 10.6 Å². The Morgan fingerprint density at radius 1 is 1.18 bits per heavy atom. The Kier molecular flexibility index (Phi) is 9.96. The number of nitriles is 1. The van der Waals surface area contributed by atoms with Gasteiger partial charge in [0.05, 0.1) is 18.4 Å². The summed E-state index contributed by atoms with van der Waals surface area (Å²) in [5, 5.41) is 28.0. The van der Waals surface area contributed by atoms with Crippen molar-refractivity contribution >= 4 is 50.0 Å². The number of hydrogen-bond acceptors (Lipinski definition) is 9. The first-order valence-electron chi connectivity index (χ1n) is 15.9. The van der Waals surface area contributed by atoms with Crippen molar-refractivity contribution in [2.45, 2.75) is 57.4 Å². The van der Waals surface area contributed by atoms with E-state index >= 15 is 0 Å². The number of likely N-dealkylation sites (tertiary alicyclic amines) is 1. The summed E-state index contributed by atoms with van der Waals surface area (Å²) in [6, 6.07) is 13.5. The molecule has 0 spiro atoms. The number of thiophene rings is 1. The monoisotopic (exact) mass is 688 g/mol. The molecule has 49 heavy (non-hydrogen) atoms. The van der Waals surface area contributed by atoms with Crippen molar-refractivity contribution < 1.29 is 23.1 Å². The highest BCUT2D eigenvalue weighted by atomic mass is 32.1. The van der Waals surface area contributed by atoms with Gasteiger partial charge in [0.2, 0.25) is 5.91 Å². The molecule has 10 nitrogen and oxygen atoms in total. The second kappa shape index (κ2) is 14.3. The van der Waals surface area contributed by atoms with Gasteiger partial charge < -0.3 is 20.3 Å². The lowest BCUT2D eigenvalue weighted by Gasteiger charge is -2.33. The maximum atomic E-state index is 13.0. The van der Waals surface area contributed by atoms with E-state index in [1.165, 1.54) is 6.33 Å². The summed E-state index contributed by atoms with van der Waals surface area (Å²) in [6.45, 7) is 8.13. The largest absolute Gasteiger partial charge is 0.396 e. The lowest BCUT2D eigenvalue weighted by molar-refractivity contribution is -0.126. The molecular weight excluding hydrogens is 654 g/mol. The Balaban J connectivity index is 1.11. The molecule has 5 aromatic rings. The van der Waals surface area contributed by atoms with Crippen LogP contribution in [0.25, 0.3) is 21.1 Å². The summed E-state index contributed by atoms with van der Waals surface area (Å²) in [5.74, 6) is 0.262. The van der Waals surface area contributed by atoms with Crippen LogP contribution >= 0.6 is 11.3 Å². The van der Waals surface area contributed by atoms with E-state index in [1.54, 1.807) is 24.4 Å². The Bertz CT molecular complexity index is 2030. The standard InChI is InChI=1S/C35H35F3N8O2S/c1-3-32(48)44-31-7-5-22(16-40-31)24(19-47)18-46-26(15-39)12-28-21(2)23(4-6-30(28)46)17-45-10-8-25(9-11-45)43-33-29-13-27(14-35(36,37)38)49-34(29)42-20-41-33/h3-7,12-13,16,20,24-25,47H,1,8-11,14,17-19H2,2H3,(H,40,44,48)(H,41,42,43). The molecule has 254 valence electrons. The number of rotatable bonds is 11. The van der Waals surface area contributed by atoms with Crippen LogP contribution in [0.15, 0.2) is 61.6 Å². The lowest BCUT2D eigenvalue weighted by atomic mass is 10.0. The number of piperidine rings is 1. The molecule has 0 saturated carbocycles. The van der Waals surface area contributed by atoms with E-state index in [4.69, 9.17) is 0 Å². The predicted molar refractivity (Wildman–Crippen MR) is 183 cm³/mol. The fourth-order valence-electron chi connectivity index (χ4n) is 6.34. The number of pyridine rings is 1. The molecular formula is C35H35F3N8O2S. The second-order valence-electron chi connectivity index (χ2n) is 12.2. The third kappa shape index (κ3) is 7.75. The zero-order valence-corrected chi connectivity index (χ0v) is 27.6. The van der Waals surface area contributed by atoms with Crippen LogP contribution in [0.1, 0.15) is 46.0 Å². The topological polar surface area (TPSA) is 132 Å². The number of alkyl halides is 3. The molecule has 1 atom stereocenters. The van der Waals surface area contributed by atoms with E-state index in [2.05, 4.69) is 56.1 Å². The van der Waals surface area contributed by atoms with Crippen LogP contribution in [0.5, 0.6) is 0 Å². The molecule has 0 bridgehead atoms. The maximum absolute atomic E-state index is 13.0. The van der Waals surface area contributed by atoms with Crippen molar-refractivity contribution in [1.29, 1.82) is 5.26 Å². The Morgan fingerprint density at radius 2 is 1.98 bits per heavy atom. The van der Waals surface area contributed by atoms with Gasteiger partial charge in [0.1, 0.15) is 34.6 Å². The first kappa shape index (κ1) is 34.0. The van der Waals surface area contributed by atoms with Gasteiger partial charge in [-0.25, -0.2) is 15.0 Å². The van der Waals surface area contributed by atoms with Gasteiger partial charge in [-0.15, -0.1) is 11.3 Å². The van der Waals surface area contributed by atoms with Crippen molar-refractivity contribution in [3.8, 4) is 6.07 Å². The quantitative estimate of drug-likeness (QED) is 0.138. The van der Waals surface area contributed by atoms with Crippen molar-refractivity contribution in [1.82, 2.24) is 24.4 Å². The number of nitrogens with zero attached hydrogens (tertiary/aromatic N) is 6. The third-order valence-electron chi connectivity index (χ3n) is 8.98. The minimum Gasteiger partial charge on any atom is -0.396 e. The molecule has 1 saturated heterocycles. The van der Waals surface area contributed by atoms with Gasteiger partial charge in [-0.1, -0.05) is 18.7 Å². The molecule has 14 heteroatoms. The van der Waals surface area contributed by atoms with Crippen molar-refractivity contribution in [3.63, 3.8) is 0 Å². The van der Waals surface area contributed by atoms with E-state index in [-0.39, 0.29) is 29.4 Å². The molecule has 3 N–H and O–H groups in total. The van der Waals surface area contributed by atoms with Crippen LogP contribution in [0.4, 0.5) is 24.8 Å². The number of aryl methyl sites for hydroxylation is 1. The zero-order valence-electron chi connectivity index (χ0n) is 26.8. The minimum atomic E-state index is -4.28. The molecule has 1 aliphatic heterocycles. The van der Waals surface area contributed by atoms with Crippen LogP contribution in [0, 0.1) is 18.3 Å². The van der Waals surface area contributed by atoms with E-state index in [1.807, 2.05) is 16.7 Å². The third-order valence-corrected chi connectivity index (χ3v) is 10.0. The van der Waals surface area contributed by atoms with Gasteiger partial charge in [0.15, 0.2) is 0 Å². The number of nitrogens with one attached hydrogen (secondary N) is 2. The summed E-state index contributed by atoms with van der Waals surface area (Å²) in [5.41, 5.74) is 4.44. The highest BCUT2D eigenvalue weighted by Crippen LogP contribution is 2.34. The number of amides is 1. The fourth-order valence-corrected chi connectivity index (χ4v) is 7.37. The summed E-state index contributed by atoms with van der Waals surface area (Å²) < 4.78 is 40.8. The number of fused-ring (bicyclic) bond motifs is 2. The van der Waals surface area contributed by atoms with Gasteiger partial charge in [0.25, 0.3) is 0 Å². The Hall–Kier alpha value is -4.84. The molecule has 1 amide bonds.